The molecule has 2 aromatic rings. The van der Waals surface area contributed by atoms with E-state index in [2.05, 4.69) is 15.2 Å². The number of aromatic nitrogens is 2. The highest BCUT2D eigenvalue weighted by atomic mass is 16.1. The molecule has 2 atom stereocenters. The molecule has 114 valence electrons. The molecule has 0 radical (unpaired) electrons. The lowest BCUT2D eigenvalue weighted by Crippen LogP contribution is -2.52. The van der Waals surface area contributed by atoms with Crippen LogP contribution in [0.4, 0.5) is 0 Å². The van der Waals surface area contributed by atoms with Gasteiger partial charge in [0.05, 0.1) is 11.9 Å². The van der Waals surface area contributed by atoms with E-state index in [0.29, 0.717) is 5.56 Å². The molecule has 2 saturated heterocycles. The zero-order valence-electron chi connectivity index (χ0n) is 12.5. The number of piperidine rings is 1. The van der Waals surface area contributed by atoms with Gasteiger partial charge in [0.25, 0.3) is 5.91 Å². The normalized spacial score (nSPS) is 26.8. The van der Waals surface area contributed by atoms with Gasteiger partial charge in [-0.25, -0.2) is 4.98 Å². The van der Waals surface area contributed by atoms with E-state index in [1.54, 1.807) is 12.5 Å². The minimum absolute atomic E-state index is 0.0135. The van der Waals surface area contributed by atoms with Crippen molar-refractivity contribution in [2.75, 3.05) is 19.6 Å². The van der Waals surface area contributed by atoms with Crippen LogP contribution in [0.5, 0.6) is 0 Å². The lowest BCUT2D eigenvalue weighted by molar-refractivity contribution is 0.0877. The number of carbonyl (C=O) groups is 1. The Balaban J connectivity index is 1.54. The molecule has 1 aromatic heterocycles. The molecule has 2 aliphatic rings. The molecule has 22 heavy (non-hydrogen) atoms. The van der Waals surface area contributed by atoms with E-state index in [-0.39, 0.29) is 11.4 Å². The molecule has 0 spiro atoms. The zero-order valence-corrected chi connectivity index (χ0v) is 12.5. The Labute approximate surface area is 130 Å². The lowest BCUT2D eigenvalue weighted by Gasteiger charge is -2.34. The average Bonchev–Trinajstić information content (AvgIpc) is 3.16. The molecule has 4 rings (SSSR count). The van der Waals surface area contributed by atoms with Gasteiger partial charge in [-0.1, -0.05) is 6.07 Å². The van der Waals surface area contributed by atoms with Gasteiger partial charge >= 0.3 is 0 Å². The SMILES string of the molecule is O=C(NC12CCCN(CC1)C2)c1cccc(-n2ccnc2)c1. The summed E-state index contributed by atoms with van der Waals surface area (Å²) < 4.78 is 1.91. The van der Waals surface area contributed by atoms with Gasteiger partial charge in [0.1, 0.15) is 0 Å². The van der Waals surface area contributed by atoms with Gasteiger partial charge < -0.3 is 14.8 Å². The Kier molecular flexibility index (Phi) is 3.22. The third kappa shape index (κ3) is 2.41. The van der Waals surface area contributed by atoms with E-state index in [1.165, 1.54) is 13.0 Å². The first-order chi connectivity index (χ1) is 10.7. The predicted octanol–water partition coefficient (Wildman–Crippen LogP) is 1.84. The highest BCUT2D eigenvalue weighted by Crippen LogP contribution is 2.31. The van der Waals surface area contributed by atoms with E-state index < -0.39 is 0 Å². The molecule has 3 heterocycles. The summed E-state index contributed by atoms with van der Waals surface area (Å²) in [6.45, 7) is 3.28. The fraction of sp³-hybridized carbons (Fsp3) is 0.412. The van der Waals surface area contributed by atoms with Crippen molar-refractivity contribution >= 4 is 5.91 Å². The lowest BCUT2D eigenvalue weighted by atomic mass is 9.90. The number of hydrogen-bond acceptors (Lipinski definition) is 3. The highest BCUT2D eigenvalue weighted by molar-refractivity contribution is 5.95. The fourth-order valence-electron chi connectivity index (χ4n) is 3.69. The maximum Gasteiger partial charge on any atom is 0.251 e. The molecule has 2 bridgehead atoms. The molecule has 1 aromatic carbocycles. The van der Waals surface area contributed by atoms with Gasteiger partial charge in [-0.15, -0.1) is 0 Å². The van der Waals surface area contributed by atoms with Crippen molar-refractivity contribution in [3.8, 4) is 5.69 Å². The second-order valence-corrected chi connectivity index (χ2v) is 6.38. The first kappa shape index (κ1) is 13.5. The van der Waals surface area contributed by atoms with E-state index in [0.717, 1.165) is 31.6 Å². The Morgan fingerprint density at radius 2 is 2.23 bits per heavy atom. The van der Waals surface area contributed by atoms with Crippen molar-refractivity contribution in [1.82, 2.24) is 19.8 Å². The Bertz CT molecular complexity index is 678. The van der Waals surface area contributed by atoms with Crippen LogP contribution >= 0.6 is 0 Å². The summed E-state index contributed by atoms with van der Waals surface area (Å²) in [6, 6.07) is 7.70. The second kappa shape index (κ2) is 5.25. The van der Waals surface area contributed by atoms with Crippen molar-refractivity contribution in [2.24, 2.45) is 0 Å². The molecular formula is C17H20N4O. The van der Waals surface area contributed by atoms with E-state index in [9.17, 15) is 4.79 Å². The Hall–Kier alpha value is -2.14. The van der Waals surface area contributed by atoms with Gasteiger partial charge in [-0.05, 0) is 44.0 Å². The molecule has 5 heteroatoms. The first-order valence-electron chi connectivity index (χ1n) is 7.87. The number of fused-ring (bicyclic) bond motifs is 2. The minimum Gasteiger partial charge on any atom is -0.345 e. The third-order valence-corrected chi connectivity index (χ3v) is 4.85. The molecule has 0 aliphatic carbocycles. The second-order valence-electron chi connectivity index (χ2n) is 6.38. The van der Waals surface area contributed by atoms with Gasteiger partial charge in [0.2, 0.25) is 0 Å². The quantitative estimate of drug-likeness (QED) is 0.940. The molecule has 2 unspecified atom stereocenters. The average molecular weight is 296 g/mol. The van der Waals surface area contributed by atoms with Crippen molar-refractivity contribution in [3.05, 3.63) is 48.5 Å². The zero-order chi connectivity index (χ0) is 15.0. The summed E-state index contributed by atoms with van der Waals surface area (Å²) in [5.41, 5.74) is 1.66. The Morgan fingerprint density at radius 1 is 1.27 bits per heavy atom. The van der Waals surface area contributed by atoms with Crippen molar-refractivity contribution in [3.63, 3.8) is 0 Å². The summed E-state index contributed by atoms with van der Waals surface area (Å²) in [4.78, 5) is 19.2. The molecule has 0 saturated carbocycles. The van der Waals surface area contributed by atoms with Crippen LogP contribution in [0.2, 0.25) is 0 Å². The highest BCUT2D eigenvalue weighted by Gasteiger charge is 2.41. The van der Waals surface area contributed by atoms with Crippen molar-refractivity contribution < 1.29 is 4.79 Å². The Morgan fingerprint density at radius 3 is 3.09 bits per heavy atom. The number of rotatable bonds is 3. The first-order valence-corrected chi connectivity index (χ1v) is 7.87. The number of carbonyl (C=O) groups excluding carboxylic acids is 1. The largest absolute Gasteiger partial charge is 0.345 e. The molecule has 1 N–H and O–H groups in total. The van der Waals surface area contributed by atoms with E-state index >= 15 is 0 Å². The third-order valence-electron chi connectivity index (χ3n) is 4.85. The molecule has 5 nitrogen and oxygen atoms in total. The summed E-state index contributed by atoms with van der Waals surface area (Å²) >= 11 is 0. The van der Waals surface area contributed by atoms with Gasteiger partial charge in [0.15, 0.2) is 0 Å². The van der Waals surface area contributed by atoms with Crippen LogP contribution in [0.25, 0.3) is 5.69 Å². The predicted molar refractivity (Wildman–Crippen MR) is 84.1 cm³/mol. The molecule has 1 amide bonds. The number of benzene rings is 1. The molecule has 2 aliphatic heterocycles. The van der Waals surface area contributed by atoms with Crippen LogP contribution in [0.15, 0.2) is 43.0 Å². The van der Waals surface area contributed by atoms with Crippen molar-refractivity contribution in [2.45, 2.75) is 24.8 Å². The standard InChI is InChI=1S/C17H20N4O/c22-16(19-17-5-2-8-20(12-17)9-6-17)14-3-1-4-15(11-14)21-10-7-18-13-21/h1,3-4,7,10-11,13H,2,5-6,8-9,12H2,(H,19,22). The summed E-state index contributed by atoms with van der Waals surface area (Å²) in [7, 11) is 0. The van der Waals surface area contributed by atoms with Gasteiger partial charge in [0, 0.05) is 36.7 Å². The smallest absolute Gasteiger partial charge is 0.251 e. The van der Waals surface area contributed by atoms with Crippen LogP contribution < -0.4 is 5.32 Å². The summed E-state index contributed by atoms with van der Waals surface area (Å²) in [5.74, 6) is 0.0331. The van der Waals surface area contributed by atoms with Crippen LogP contribution in [0.1, 0.15) is 29.6 Å². The van der Waals surface area contributed by atoms with Crippen LogP contribution in [0, 0.1) is 0 Å². The van der Waals surface area contributed by atoms with E-state index in [4.69, 9.17) is 0 Å². The number of nitrogens with one attached hydrogen (secondary N) is 1. The number of imidazole rings is 1. The van der Waals surface area contributed by atoms with Crippen LogP contribution in [-0.2, 0) is 0 Å². The topological polar surface area (TPSA) is 50.2 Å². The maximum atomic E-state index is 12.7. The van der Waals surface area contributed by atoms with Crippen LogP contribution in [0.3, 0.4) is 0 Å². The number of hydrogen-bond donors (Lipinski definition) is 1. The fourth-order valence-corrected chi connectivity index (χ4v) is 3.69. The number of amides is 1. The summed E-state index contributed by atoms with van der Waals surface area (Å²) in [6.07, 6.45) is 8.70. The minimum atomic E-state index is -0.0135. The van der Waals surface area contributed by atoms with Crippen molar-refractivity contribution in [1.29, 1.82) is 0 Å². The van der Waals surface area contributed by atoms with Gasteiger partial charge in [-0.3, -0.25) is 4.79 Å². The van der Waals surface area contributed by atoms with Crippen LogP contribution in [-0.4, -0.2) is 45.5 Å². The molecule has 2 fully saturated rings. The molecular weight excluding hydrogens is 276 g/mol. The monoisotopic (exact) mass is 296 g/mol. The maximum absolute atomic E-state index is 12.7. The van der Waals surface area contributed by atoms with Gasteiger partial charge in [-0.2, -0.15) is 0 Å². The summed E-state index contributed by atoms with van der Waals surface area (Å²) in [5, 5.41) is 3.31. The van der Waals surface area contributed by atoms with E-state index in [1.807, 2.05) is 35.0 Å². The number of nitrogens with zero attached hydrogens (tertiary/aromatic N) is 3.